The molecule has 11 aromatic rings. The molecule has 0 fully saturated rings. The molecule has 5 nitrogen and oxygen atoms in total. The van der Waals surface area contributed by atoms with E-state index in [0.717, 1.165) is 50.0 Å². The van der Waals surface area contributed by atoms with E-state index in [4.69, 9.17) is 18.8 Å². The summed E-state index contributed by atoms with van der Waals surface area (Å²) in [6, 6.07) is 62.1. The molecule has 0 atom stereocenters. The number of hydrogen-bond donors (Lipinski definition) is 0. The molecule has 0 N–H and O–H groups in total. The molecule has 0 saturated carbocycles. The molecule has 1 aliphatic carbocycles. The van der Waals surface area contributed by atoms with Gasteiger partial charge in [0, 0.05) is 38.6 Å². The Hall–Kier alpha value is -7.50. The van der Waals surface area contributed by atoms with Gasteiger partial charge in [-0.25, -0.2) is 9.97 Å². The molecule has 0 unspecified atom stereocenters. The van der Waals surface area contributed by atoms with Crippen molar-refractivity contribution in [3.8, 4) is 62.0 Å². The molecule has 0 spiro atoms. The summed E-state index contributed by atoms with van der Waals surface area (Å²) in [5.41, 5.74) is 18.0. The first-order valence-electron chi connectivity index (χ1n) is 19.7. The van der Waals surface area contributed by atoms with Crippen LogP contribution in [0.15, 0.2) is 185 Å². The molecular formula is C53H35N3O2. The van der Waals surface area contributed by atoms with Gasteiger partial charge in [-0.1, -0.05) is 117 Å². The van der Waals surface area contributed by atoms with E-state index in [1.54, 1.807) is 0 Å². The second kappa shape index (κ2) is 12.2. The zero-order valence-corrected chi connectivity index (χ0v) is 31.9. The summed E-state index contributed by atoms with van der Waals surface area (Å²) in [4.78, 5) is 9.72. The summed E-state index contributed by atoms with van der Waals surface area (Å²) in [5, 5.41) is 2.54. The topological polar surface area (TPSA) is 57.0 Å². The van der Waals surface area contributed by atoms with Crippen LogP contribution in [0.3, 0.4) is 0 Å². The number of rotatable bonds is 5. The zero-order chi connectivity index (χ0) is 38.5. The van der Waals surface area contributed by atoms with Crippen molar-refractivity contribution in [3.05, 3.63) is 187 Å². The van der Waals surface area contributed by atoms with Crippen LogP contribution in [0.5, 0.6) is 0 Å². The third-order valence-corrected chi connectivity index (χ3v) is 12.0. The number of oxazole rings is 2. The summed E-state index contributed by atoms with van der Waals surface area (Å²) in [5.74, 6) is 1.11. The minimum absolute atomic E-state index is 0.202. The van der Waals surface area contributed by atoms with Crippen LogP contribution in [-0.4, -0.2) is 14.5 Å². The maximum atomic E-state index is 6.29. The Kier molecular flexibility index (Phi) is 6.91. The number of benzene rings is 8. The molecule has 5 heteroatoms. The van der Waals surface area contributed by atoms with Crippen LogP contribution in [0.4, 0.5) is 0 Å². The van der Waals surface area contributed by atoms with E-state index in [1.165, 1.54) is 55.3 Å². The quantitative estimate of drug-likeness (QED) is 0.176. The van der Waals surface area contributed by atoms with E-state index in [9.17, 15) is 0 Å². The largest absolute Gasteiger partial charge is 0.436 e. The predicted molar refractivity (Wildman–Crippen MR) is 235 cm³/mol. The third-order valence-electron chi connectivity index (χ3n) is 12.0. The van der Waals surface area contributed by atoms with Crippen LogP contribution in [0.2, 0.25) is 0 Å². The highest BCUT2D eigenvalue weighted by atomic mass is 16.4. The van der Waals surface area contributed by atoms with Gasteiger partial charge in [-0.2, -0.15) is 0 Å². The van der Waals surface area contributed by atoms with Crippen molar-refractivity contribution >= 4 is 44.0 Å². The number of nitrogens with zero attached hydrogens (tertiary/aromatic N) is 3. The molecule has 3 aromatic heterocycles. The van der Waals surface area contributed by atoms with Gasteiger partial charge in [-0.15, -0.1) is 0 Å². The van der Waals surface area contributed by atoms with Crippen LogP contribution in [-0.2, 0) is 5.41 Å². The molecule has 3 heterocycles. The fourth-order valence-corrected chi connectivity index (χ4v) is 9.21. The van der Waals surface area contributed by atoms with Crippen molar-refractivity contribution in [1.82, 2.24) is 14.5 Å². The molecule has 0 bridgehead atoms. The van der Waals surface area contributed by atoms with Gasteiger partial charge in [0.25, 0.3) is 0 Å². The van der Waals surface area contributed by atoms with Gasteiger partial charge >= 0.3 is 0 Å². The van der Waals surface area contributed by atoms with E-state index in [-0.39, 0.29) is 5.41 Å². The monoisotopic (exact) mass is 745 g/mol. The summed E-state index contributed by atoms with van der Waals surface area (Å²) in [6.07, 6.45) is 0. The van der Waals surface area contributed by atoms with E-state index < -0.39 is 0 Å². The van der Waals surface area contributed by atoms with E-state index in [2.05, 4.69) is 146 Å². The lowest BCUT2D eigenvalue weighted by Crippen LogP contribution is -2.15. The standard InChI is InChI=1S/C53H35N3O2/c1-53(2)42-26-25-40-39-17-6-9-20-46(39)56(38-15-4-3-5-16-38)50(40)49(42)41-24-23-34(31-43(41)53)32-13-12-14-33(27-32)35-28-36(51-54-44-18-7-10-21-47(44)57-51)30-37(29-35)52-55-45-19-8-11-22-48(45)58-52/h3-31H,1-2H3. The predicted octanol–water partition coefficient (Wildman–Crippen LogP) is 14.0. The number of aromatic nitrogens is 3. The average Bonchev–Trinajstić information content (AvgIpc) is 4.04. The second-order valence-electron chi connectivity index (χ2n) is 15.8. The van der Waals surface area contributed by atoms with Crippen LogP contribution in [0.25, 0.3) is 106 Å². The van der Waals surface area contributed by atoms with Gasteiger partial charge in [0.2, 0.25) is 11.8 Å². The summed E-state index contributed by atoms with van der Waals surface area (Å²) < 4.78 is 15.0. The molecule has 274 valence electrons. The summed E-state index contributed by atoms with van der Waals surface area (Å²) in [7, 11) is 0. The van der Waals surface area contributed by atoms with Crippen molar-refractivity contribution in [2.75, 3.05) is 0 Å². The Bertz CT molecular complexity index is 3280. The van der Waals surface area contributed by atoms with E-state index in [1.807, 2.05) is 48.5 Å². The Labute approximate surface area is 334 Å². The Balaban J connectivity index is 1.00. The Morgan fingerprint density at radius 3 is 1.74 bits per heavy atom. The molecule has 0 radical (unpaired) electrons. The van der Waals surface area contributed by atoms with Gasteiger partial charge in [-0.05, 0) is 112 Å². The van der Waals surface area contributed by atoms with Crippen molar-refractivity contribution in [1.29, 1.82) is 0 Å². The van der Waals surface area contributed by atoms with E-state index >= 15 is 0 Å². The average molecular weight is 746 g/mol. The zero-order valence-electron chi connectivity index (χ0n) is 31.9. The molecule has 12 rings (SSSR count). The van der Waals surface area contributed by atoms with Crippen LogP contribution < -0.4 is 0 Å². The third kappa shape index (κ3) is 4.90. The van der Waals surface area contributed by atoms with Gasteiger partial charge in [0.15, 0.2) is 11.2 Å². The molecule has 8 aromatic carbocycles. The lowest BCUT2D eigenvalue weighted by Gasteiger charge is -2.22. The van der Waals surface area contributed by atoms with E-state index in [0.29, 0.717) is 11.8 Å². The number of fused-ring (bicyclic) bond motifs is 9. The highest BCUT2D eigenvalue weighted by molar-refractivity contribution is 6.15. The van der Waals surface area contributed by atoms with Crippen molar-refractivity contribution in [2.24, 2.45) is 0 Å². The first-order valence-corrected chi connectivity index (χ1v) is 19.7. The fourth-order valence-electron chi connectivity index (χ4n) is 9.21. The summed E-state index contributed by atoms with van der Waals surface area (Å²) in [6.45, 7) is 4.73. The van der Waals surface area contributed by atoms with Gasteiger partial charge in [0.05, 0.1) is 11.0 Å². The Morgan fingerprint density at radius 2 is 1.03 bits per heavy atom. The summed E-state index contributed by atoms with van der Waals surface area (Å²) >= 11 is 0. The minimum atomic E-state index is -0.202. The Morgan fingerprint density at radius 1 is 0.448 bits per heavy atom. The van der Waals surface area contributed by atoms with Gasteiger partial charge in [0.1, 0.15) is 11.0 Å². The second-order valence-corrected chi connectivity index (χ2v) is 15.8. The first-order chi connectivity index (χ1) is 28.5. The van der Waals surface area contributed by atoms with Gasteiger partial charge in [-0.3, -0.25) is 0 Å². The lowest BCUT2D eigenvalue weighted by atomic mass is 9.81. The van der Waals surface area contributed by atoms with Crippen molar-refractivity contribution < 1.29 is 8.83 Å². The minimum Gasteiger partial charge on any atom is -0.436 e. The normalized spacial score (nSPS) is 13.1. The molecule has 58 heavy (non-hydrogen) atoms. The van der Waals surface area contributed by atoms with Crippen LogP contribution in [0.1, 0.15) is 25.0 Å². The van der Waals surface area contributed by atoms with Crippen molar-refractivity contribution in [3.63, 3.8) is 0 Å². The molecular weight excluding hydrogens is 711 g/mol. The maximum absolute atomic E-state index is 6.29. The fraction of sp³-hybridized carbons (Fsp3) is 0.0566. The van der Waals surface area contributed by atoms with Gasteiger partial charge < -0.3 is 13.4 Å². The molecule has 0 saturated heterocycles. The molecule has 1 aliphatic rings. The molecule has 0 aliphatic heterocycles. The first kappa shape index (κ1) is 32.7. The highest BCUT2D eigenvalue weighted by Crippen LogP contribution is 2.54. The number of para-hydroxylation sites is 6. The smallest absolute Gasteiger partial charge is 0.227 e. The van der Waals surface area contributed by atoms with Crippen LogP contribution in [0, 0.1) is 0 Å². The molecule has 0 amide bonds. The maximum Gasteiger partial charge on any atom is 0.227 e. The highest BCUT2D eigenvalue weighted by Gasteiger charge is 2.38. The lowest BCUT2D eigenvalue weighted by molar-refractivity contribution is 0.617. The SMILES string of the molecule is CC1(C)c2cc(-c3cccc(-c4cc(-c5nc6ccccc6o5)cc(-c5nc6ccccc6o5)c4)c3)ccc2-c2c1ccc1c3ccccc3n(-c3ccccc3)c21. The van der Waals surface area contributed by atoms with Crippen LogP contribution >= 0.6 is 0 Å². The van der Waals surface area contributed by atoms with Crippen molar-refractivity contribution in [2.45, 2.75) is 19.3 Å². The number of hydrogen-bond acceptors (Lipinski definition) is 4.